The summed E-state index contributed by atoms with van der Waals surface area (Å²) >= 11 is 1.56. The molecule has 156 valence electrons. The summed E-state index contributed by atoms with van der Waals surface area (Å²) in [4.78, 5) is 28.3. The molecule has 1 aliphatic rings. The van der Waals surface area contributed by atoms with Crippen molar-refractivity contribution in [1.82, 2.24) is 15.0 Å². The van der Waals surface area contributed by atoms with Gasteiger partial charge in [-0.15, -0.1) is 0 Å². The summed E-state index contributed by atoms with van der Waals surface area (Å²) in [5.41, 5.74) is 1.79. The van der Waals surface area contributed by atoms with Gasteiger partial charge in [0.15, 0.2) is 0 Å². The lowest BCUT2D eigenvalue weighted by Crippen LogP contribution is -2.23. The van der Waals surface area contributed by atoms with E-state index in [4.69, 9.17) is 0 Å². The zero-order chi connectivity index (χ0) is 21.0. The fourth-order valence-electron chi connectivity index (χ4n) is 3.66. The Morgan fingerprint density at radius 2 is 1.74 bits per heavy atom. The maximum Gasteiger partial charge on any atom is 0.326 e. The fourth-order valence-corrected chi connectivity index (χ4v) is 4.58. The van der Waals surface area contributed by atoms with Gasteiger partial charge in [0.2, 0.25) is 5.95 Å². The number of anilines is 3. The number of amides is 2. The Kier molecular flexibility index (Phi) is 5.45. The Bertz CT molecular complexity index is 1200. The van der Waals surface area contributed by atoms with E-state index in [0.29, 0.717) is 11.6 Å². The first kappa shape index (κ1) is 19.4. The molecule has 1 aliphatic heterocycles. The van der Waals surface area contributed by atoms with Crippen LogP contribution in [0.25, 0.3) is 10.9 Å². The van der Waals surface area contributed by atoms with Gasteiger partial charge in [-0.3, -0.25) is 5.32 Å². The topological polar surface area (TPSA) is 85.9 Å². The van der Waals surface area contributed by atoms with Gasteiger partial charge >= 0.3 is 6.03 Å². The van der Waals surface area contributed by atoms with Gasteiger partial charge in [-0.25, -0.2) is 9.78 Å². The highest BCUT2D eigenvalue weighted by Crippen LogP contribution is 2.34. The van der Waals surface area contributed by atoms with E-state index in [1.54, 1.807) is 11.8 Å². The molecule has 31 heavy (non-hydrogen) atoms. The van der Waals surface area contributed by atoms with Gasteiger partial charge in [0.1, 0.15) is 10.8 Å². The molecule has 0 spiro atoms. The fraction of sp³-hybridized carbons (Fsp3) is 0.174. The number of urea groups is 1. The normalized spacial score (nSPS) is 13.5. The molecule has 0 radical (unpaired) electrons. The lowest BCUT2D eigenvalue weighted by atomic mass is 10.2. The molecule has 0 atom stereocenters. The van der Waals surface area contributed by atoms with Crippen LogP contribution in [0.15, 0.2) is 76.8 Å². The van der Waals surface area contributed by atoms with Crippen molar-refractivity contribution < 1.29 is 4.79 Å². The third-order valence-corrected chi connectivity index (χ3v) is 6.12. The van der Waals surface area contributed by atoms with Gasteiger partial charge in [0, 0.05) is 46.8 Å². The standard InChI is InChI=1S/C23H22N6OS/c30-23(25-16-8-2-1-3-9-16)28-22-26-20(29-12-6-7-13-29)14-21(27-22)31-19-15-24-18-11-5-4-10-17(18)19/h1-5,8-11,14-15,24H,6-7,12-13H2,(H2,25,26,27,28,30). The zero-order valence-electron chi connectivity index (χ0n) is 16.8. The van der Waals surface area contributed by atoms with Crippen molar-refractivity contribution in [2.45, 2.75) is 22.8 Å². The number of rotatable bonds is 5. The lowest BCUT2D eigenvalue weighted by molar-refractivity contribution is 0.262. The van der Waals surface area contributed by atoms with Crippen LogP contribution < -0.4 is 15.5 Å². The quantitative estimate of drug-likeness (QED) is 0.372. The van der Waals surface area contributed by atoms with Crippen LogP contribution in [-0.4, -0.2) is 34.1 Å². The van der Waals surface area contributed by atoms with Gasteiger partial charge < -0.3 is 15.2 Å². The number of fused-ring (bicyclic) bond motifs is 1. The highest BCUT2D eigenvalue weighted by atomic mass is 32.2. The van der Waals surface area contributed by atoms with Crippen LogP contribution >= 0.6 is 11.8 Å². The Labute approximate surface area is 184 Å². The summed E-state index contributed by atoms with van der Waals surface area (Å²) < 4.78 is 0. The van der Waals surface area contributed by atoms with E-state index in [1.807, 2.05) is 54.7 Å². The summed E-state index contributed by atoms with van der Waals surface area (Å²) in [7, 11) is 0. The molecule has 0 aliphatic carbocycles. The van der Waals surface area contributed by atoms with Crippen molar-refractivity contribution in [2.75, 3.05) is 28.6 Å². The molecule has 7 nitrogen and oxygen atoms in total. The number of aromatic nitrogens is 3. The Morgan fingerprint density at radius 1 is 0.968 bits per heavy atom. The molecule has 1 fully saturated rings. The maximum absolute atomic E-state index is 12.5. The molecule has 8 heteroatoms. The van der Waals surface area contributed by atoms with Crippen molar-refractivity contribution in [3.63, 3.8) is 0 Å². The first-order valence-electron chi connectivity index (χ1n) is 10.3. The Hall–Kier alpha value is -3.52. The van der Waals surface area contributed by atoms with Crippen LogP contribution in [0, 0.1) is 0 Å². The number of carbonyl (C=O) groups is 1. The van der Waals surface area contributed by atoms with Crippen LogP contribution in [-0.2, 0) is 0 Å². The number of hydrogen-bond acceptors (Lipinski definition) is 5. The van der Waals surface area contributed by atoms with Crippen molar-refractivity contribution in [2.24, 2.45) is 0 Å². The minimum absolute atomic E-state index is 0.292. The summed E-state index contributed by atoms with van der Waals surface area (Å²) in [5.74, 6) is 1.13. The van der Waals surface area contributed by atoms with Gasteiger partial charge in [0.05, 0.1) is 0 Å². The zero-order valence-corrected chi connectivity index (χ0v) is 17.7. The second-order valence-electron chi connectivity index (χ2n) is 7.33. The SMILES string of the molecule is O=C(Nc1ccccc1)Nc1nc(Sc2c[nH]c3ccccc23)cc(N2CCCC2)n1. The van der Waals surface area contributed by atoms with Crippen LogP contribution in [0.1, 0.15) is 12.8 Å². The first-order chi connectivity index (χ1) is 15.2. The molecule has 3 heterocycles. The molecule has 0 bridgehead atoms. The monoisotopic (exact) mass is 430 g/mol. The number of aromatic amines is 1. The van der Waals surface area contributed by atoms with E-state index in [-0.39, 0.29) is 6.03 Å². The average Bonchev–Trinajstić information content (AvgIpc) is 3.45. The molecule has 2 amide bonds. The number of H-pyrrole nitrogens is 1. The molecular weight excluding hydrogens is 408 g/mol. The molecule has 4 aromatic rings. The van der Waals surface area contributed by atoms with Crippen molar-refractivity contribution in [3.05, 3.63) is 66.9 Å². The second-order valence-corrected chi connectivity index (χ2v) is 8.39. The minimum Gasteiger partial charge on any atom is -0.360 e. The van der Waals surface area contributed by atoms with E-state index in [2.05, 4.69) is 42.6 Å². The molecule has 3 N–H and O–H groups in total. The summed E-state index contributed by atoms with van der Waals surface area (Å²) in [6.07, 6.45) is 4.28. The van der Waals surface area contributed by atoms with Crippen LogP contribution in [0.3, 0.4) is 0 Å². The smallest absolute Gasteiger partial charge is 0.326 e. The van der Waals surface area contributed by atoms with Gasteiger partial charge in [-0.05, 0) is 31.0 Å². The number of nitrogens with one attached hydrogen (secondary N) is 3. The van der Waals surface area contributed by atoms with Crippen molar-refractivity contribution >= 4 is 46.1 Å². The maximum atomic E-state index is 12.5. The van der Waals surface area contributed by atoms with E-state index in [9.17, 15) is 4.79 Å². The minimum atomic E-state index is -0.368. The number of hydrogen-bond donors (Lipinski definition) is 3. The molecule has 2 aromatic heterocycles. The van der Waals surface area contributed by atoms with E-state index in [1.165, 1.54) is 0 Å². The average molecular weight is 431 g/mol. The van der Waals surface area contributed by atoms with Crippen molar-refractivity contribution in [3.8, 4) is 0 Å². The summed E-state index contributed by atoms with van der Waals surface area (Å²) in [5, 5.41) is 7.54. The van der Waals surface area contributed by atoms with Crippen molar-refractivity contribution in [1.29, 1.82) is 0 Å². The summed E-state index contributed by atoms with van der Waals surface area (Å²) in [6.45, 7) is 1.92. The third kappa shape index (κ3) is 4.49. The number of carbonyl (C=O) groups excluding carboxylic acids is 1. The molecule has 1 saturated heterocycles. The Balaban J connectivity index is 1.42. The van der Waals surface area contributed by atoms with Gasteiger partial charge in [-0.2, -0.15) is 4.98 Å². The predicted molar refractivity (Wildman–Crippen MR) is 125 cm³/mol. The largest absolute Gasteiger partial charge is 0.360 e. The molecule has 0 unspecified atom stereocenters. The molecule has 2 aromatic carbocycles. The summed E-state index contributed by atoms with van der Waals surface area (Å²) in [6, 6.07) is 19.1. The third-order valence-electron chi connectivity index (χ3n) is 5.14. The molecular formula is C23H22N6OS. The highest BCUT2D eigenvalue weighted by molar-refractivity contribution is 7.99. The van der Waals surface area contributed by atoms with E-state index >= 15 is 0 Å². The number of benzene rings is 2. The predicted octanol–water partition coefficient (Wildman–Crippen LogP) is 5.35. The highest BCUT2D eigenvalue weighted by Gasteiger charge is 2.18. The van der Waals surface area contributed by atoms with E-state index < -0.39 is 0 Å². The molecule has 0 saturated carbocycles. The van der Waals surface area contributed by atoms with Crippen LogP contribution in [0.5, 0.6) is 0 Å². The van der Waals surface area contributed by atoms with E-state index in [0.717, 1.165) is 52.6 Å². The second kappa shape index (κ2) is 8.69. The molecule has 5 rings (SSSR count). The number of nitrogens with zero attached hydrogens (tertiary/aromatic N) is 3. The lowest BCUT2D eigenvalue weighted by Gasteiger charge is -2.18. The van der Waals surface area contributed by atoms with Gasteiger partial charge in [-0.1, -0.05) is 48.2 Å². The van der Waals surface area contributed by atoms with Crippen LogP contribution in [0.2, 0.25) is 0 Å². The Morgan fingerprint density at radius 3 is 2.58 bits per heavy atom. The van der Waals surface area contributed by atoms with Gasteiger partial charge in [0.25, 0.3) is 0 Å². The first-order valence-corrected chi connectivity index (χ1v) is 11.1. The van der Waals surface area contributed by atoms with Crippen LogP contribution in [0.4, 0.5) is 22.2 Å². The number of para-hydroxylation sites is 2.